The van der Waals surface area contributed by atoms with E-state index in [9.17, 15) is 14.7 Å². The lowest BCUT2D eigenvalue weighted by atomic mass is 9.97. The summed E-state index contributed by atoms with van der Waals surface area (Å²) in [5.74, 6) is -1.39. The fourth-order valence-electron chi connectivity index (χ4n) is 2.55. The topological polar surface area (TPSA) is 60.4 Å². The molecular formula is C13H10NO3-. The Kier molecular flexibility index (Phi) is 2.04. The van der Waals surface area contributed by atoms with E-state index in [0.717, 1.165) is 5.56 Å². The van der Waals surface area contributed by atoms with Crippen LogP contribution < -0.4 is 5.11 Å². The summed E-state index contributed by atoms with van der Waals surface area (Å²) in [6, 6.07) is 9.31. The van der Waals surface area contributed by atoms with Gasteiger partial charge in [-0.15, -0.1) is 0 Å². The molecule has 4 nitrogen and oxygen atoms in total. The minimum absolute atomic E-state index is 0.0191. The third kappa shape index (κ3) is 1.37. The molecule has 4 heteroatoms. The number of amides is 1. The van der Waals surface area contributed by atoms with E-state index in [2.05, 4.69) is 0 Å². The van der Waals surface area contributed by atoms with Gasteiger partial charge in [0, 0.05) is 12.5 Å². The van der Waals surface area contributed by atoms with Crippen molar-refractivity contribution in [1.82, 2.24) is 4.90 Å². The molecule has 2 aliphatic heterocycles. The van der Waals surface area contributed by atoms with E-state index in [1.54, 1.807) is 0 Å². The highest BCUT2D eigenvalue weighted by Gasteiger charge is 2.45. The summed E-state index contributed by atoms with van der Waals surface area (Å²) in [6.07, 6.45) is 1.05. The number of hydrogen-bond donors (Lipinski definition) is 0. The molecule has 3 rings (SSSR count). The highest BCUT2D eigenvalue weighted by molar-refractivity contribution is 6.04. The number of carbonyl (C=O) groups excluding carboxylic acids is 2. The SMILES string of the molecule is O=C([O-])C1=C(c2ccccc2)C[C@@H]2CC(=O)N12. The van der Waals surface area contributed by atoms with Crippen LogP contribution in [0.4, 0.5) is 0 Å². The normalized spacial score (nSPS) is 22.5. The van der Waals surface area contributed by atoms with E-state index in [1.807, 2.05) is 30.3 Å². The molecule has 0 unspecified atom stereocenters. The summed E-state index contributed by atoms with van der Waals surface area (Å²) in [6.45, 7) is 0. The Morgan fingerprint density at radius 1 is 1.24 bits per heavy atom. The van der Waals surface area contributed by atoms with Gasteiger partial charge in [0.05, 0.1) is 11.7 Å². The van der Waals surface area contributed by atoms with Crippen LogP contribution >= 0.6 is 0 Å². The molecule has 1 atom stereocenters. The first-order valence-electron chi connectivity index (χ1n) is 5.50. The maximum atomic E-state index is 11.4. The van der Waals surface area contributed by atoms with Gasteiger partial charge < -0.3 is 14.8 Å². The van der Waals surface area contributed by atoms with Gasteiger partial charge in [-0.25, -0.2) is 0 Å². The monoisotopic (exact) mass is 228 g/mol. The fraction of sp³-hybridized carbons (Fsp3) is 0.231. The van der Waals surface area contributed by atoms with Gasteiger partial charge in [0.25, 0.3) is 0 Å². The molecule has 1 amide bonds. The van der Waals surface area contributed by atoms with E-state index < -0.39 is 5.97 Å². The molecule has 17 heavy (non-hydrogen) atoms. The number of nitrogens with zero attached hydrogens (tertiary/aromatic N) is 1. The Morgan fingerprint density at radius 3 is 2.53 bits per heavy atom. The molecule has 1 fully saturated rings. The highest BCUT2D eigenvalue weighted by atomic mass is 16.4. The largest absolute Gasteiger partial charge is 0.543 e. The van der Waals surface area contributed by atoms with Crippen LogP contribution in [0.15, 0.2) is 36.0 Å². The van der Waals surface area contributed by atoms with Crippen molar-refractivity contribution >= 4 is 17.4 Å². The molecule has 2 heterocycles. The van der Waals surface area contributed by atoms with Crippen LogP contribution in [0, 0.1) is 0 Å². The third-order valence-electron chi connectivity index (χ3n) is 3.33. The van der Waals surface area contributed by atoms with Gasteiger partial charge in [0.15, 0.2) is 0 Å². The summed E-state index contributed by atoms with van der Waals surface area (Å²) >= 11 is 0. The molecule has 0 N–H and O–H groups in total. The van der Waals surface area contributed by atoms with Gasteiger partial charge in [0.1, 0.15) is 0 Å². The van der Waals surface area contributed by atoms with Crippen LogP contribution in [0.25, 0.3) is 5.57 Å². The fourth-order valence-corrected chi connectivity index (χ4v) is 2.55. The number of rotatable bonds is 2. The van der Waals surface area contributed by atoms with Gasteiger partial charge in [-0.2, -0.15) is 0 Å². The minimum atomic E-state index is -1.26. The van der Waals surface area contributed by atoms with E-state index in [0.29, 0.717) is 18.4 Å². The number of fused-ring (bicyclic) bond motifs is 1. The molecular weight excluding hydrogens is 218 g/mol. The van der Waals surface area contributed by atoms with Crippen LogP contribution in [-0.2, 0) is 9.59 Å². The summed E-state index contributed by atoms with van der Waals surface area (Å²) in [4.78, 5) is 23.9. The number of hydrogen-bond acceptors (Lipinski definition) is 3. The number of β-lactam (4-membered cyclic amide) rings is 1. The smallest absolute Gasteiger partial charge is 0.229 e. The third-order valence-corrected chi connectivity index (χ3v) is 3.33. The summed E-state index contributed by atoms with van der Waals surface area (Å²) in [5, 5.41) is 11.2. The number of carboxylic acid groups (broad SMARTS) is 1. The zero-order chi connectivity index (χ0) is 12.0. The Bertz CT molecular complexity index is 533. The first-order valence-corrected chi connectivity index (χ1v) is 5.50. The number of aliphatic carboxylic acids is 1. The number of benzene rings is 1. The van der Waals surface area contributed by atoms with Gasteiger partial charge in [0.2, 0.25) is 5.91 Å². The maximum absolute atomic E-state index is 11.4. The number of carboxylic acids is 1. The van der Waals surface area contributed by atoms with Crippen LogP contribution in [0.2, 0.25) is 0 Å². The predicted octanol–water partition coefficient (Wildman–Crippen LogP) is 0.152. The Labute approximate surface area is 98.2 Å². The lowest BCUT2D eigenvalue weighted by Crippen LogP contribution is -2.51. The van der Waals surface area contributed by atoms with Crippen molar-refractivity contribution in [2.75, 3.05) is 0 Å². The lowest BCUT2D eigenvalue weighted by molar-refractivity contribution is -0.301. The molecule has 86 valence electrons. The Morgan fingerprint density at radius 2 is 1.94 bits per heavy atom. The summed E-state index contributed by atoms with van der Waals surface area (Å²) in [7, 11) is 0. The molecule has 0 spiro atoms. The van der Waals surface area contributed by atoms with Gasteiger partial charge in [-0.1, -0.05) is 30.3 Å². The second-order valence-corrected chi connectivity index (χ2v) is 4.31. The Balaban J connectivity index is 2.10. The van der Waals surface area contributed by atoms with Crippen LogP contribution in [0.3, 0.4) is 0 Å². The highest BCUT2D eigenvalue weighted by Crippen LogP contribution is 2.42. The van der Waals surface area contributed by atoms with Crippen molar-refractivity contribution < 1.29 is 14.7 Å². The molecule has 0 radical (unpaired) electrons. The zero-order valence-electron chi connectivity index (χ0n) is 9.05. The van der Waals surface area contributed by atoms with Crippen molar-refractivity contribution in [2.24, 2.45) is 0 Å². The lowest BCUT2D eigenvalue weighted by Gasteiger charge is -2.36. The van der Waals surface area contributed by atoms with E-state index in [4.69, 9.17) is 0 Å². The van der Waals surface area contributed by atoms with Gasteiger partial charge >= 0.3 is 0 Å². The average molecular weight is 228 g/mol. The van der Waals surface area contributed by atoms with E-state index in [1.165, 1.54) is 4.90 Å². The number of carbonyl (C=O) groups is 2. The molecule has 0 aromatic heterocycles. The molecule has 2 aliphatic rings. The van der Waals surface area contributed by atoms with E-state index in [-0.39, 0.29) is 17.6 Å². The van der Waals surface area contributed by atoms with Crippen LogP contribution in [-0.4, -0.2) is 22.8 Å². The van der Waals surface area contributed by atoms with Crippen molar-refractivity contribution in [2.45, 2.75) is 18.9 Å². The van der Waals surface area contributed by atoms with Crippen molar-refractivity contribution in [3.05, 3.63) is 41.6 Å². The average Bonchev–Trinajstić information content (AvgIpc) is 2.63. The zero-order valence-corrected chi connectivity index (χ0v) is 9.05. The molecule has 0 bridgehead atoms. The first-order chi connectivity index (χ1) is 8.18. The maximum Gasteiger partial charge on any atom is 0.229 e. The van der Waals surface area contributed by atoms with Gasteiger partial charge in [-0.05, 0) is 17.6 Å². The molecule has 0 aliphatic carbocycles. The van der Waals surface area contributed by atoms with E-state index >= 15 is 0 Å². The van der Waals surface area contributed by atoms with Crippen molar-refractivity contribution in [3.63, 3.8) is 0 Å². The summed E-state index contributed by atoms with van der Waals surface area (Å²) in [5.41, 5.74) is 1.62. The van der Waals surface area contributed by atoms with Crippen molar-refractivity contribution in [3.8, 4) is 0 Å². The standard InChI is InChI=1S/C13H11NO3/c15-11-7-9-6-10(8-4-2-1-3-5-8)12(13(16)17)14(9)11/h1-5,9H,6-7H2,(H,16,17)/p-1/t9-/m1/s1. The quantitative estimate of drug-likeness (QED) is 0.677. The van der Waals surface area contributed by atoms with Crippen LogP contribution in [0.5, 0.6) is 0 Å². The molecule has 1 saturated heterocycles. The minimum Gasteiger partial charge on any atom is -0.543 e. The second kappa shape index (κ2) is 3.45. The molecule has 1 aromatic rings. The first kappa shape index (κ1) is 10.1. The molecule has 1 aromatic carbocycles. The second-order valence-electron chi connectivity index (χ2n) is 4.31. The van der Waals surface area contributed by atoms with Crippen molar-refractivity contribution in [1.29, 1.82) is 0 Å². The summed E-state index contributed by atoms with van der Waals surface area (Å²) < 4.78 is 0. The van der Waals surface area contributed by atoms with Gasteiger partial charge in [-0.3, -0.25) is 4.79 Å². The Hall–Kier alpha value is -2.10. The molecule has 0 saturated carbocycles. The predicted molar refractivity (Wildman–Crippen MR) is 58.2 cm³/mol. The van der Waals surface area contributed by atoms with Crippen LogP contribution in [0.1, 0.15) is 18.4 Å².